The highest BCUT2D eigenvalue weighted by atomic mass is 35.5. The number of alkyl halides is 3. The van der Waals surface area contributed by atoms with E-state index in [9.17, 15) is 35.9 Å². The third-order valence-electron chi connectivity index (χ3n) is 4.39. The molecule has 1 atom stereocenters. The number of aromatic nitrogens is 2. The SMILES string of the molecule is CC[C@H](NC(=O)c1cn(-c2c(F)cc(F)cc2F)c2nc(Cl)ccc2c1=O)C(F)(F)F. The second kappa shape index (κ2) is 8.22. The second-order valence-electron chi connectivity index (χ2n) is 6.44. The fourth-order valence-electron chi connectivity index (χ4n) is 2.93. The van der Waals surface area contributed by atoms with Gasteiger partial charge >= 0.3 is 6.18 Å². The van der Waals surface area contributed by atoms with Crippen LogP contribution in [-0.2, 0) is 0 Å². The molecule has 0 saturated carbocycles. The van der Waals surface area contributed by atoms with E-state index in [0.717, 1.165) is 12.1 Å². The van der Waals surface area contributed by atoms with Crippen LogP contribution >= 0.6 is 11.6 Å². The third kappa shape index (κ3) is 4.36. The molecule has 0 radical (unpaired) electrons. The molecule has 1 amide bonds. The van der Waals surface area contributed by atoms with Crippen LogP contribution in [0.1, 0.15) is 23.7 Å². The number of fused-ring (bicyclic) bond motifs is 1. The Kier molecular flexibility index (Phi) is 5.99. The molecule has 1 aromatic carbocycles. The first-order chi connectivity index (χ1) is 14.4. The number of rotatable bonds is 4. The predicted molar refractivity (Wildman–Crippen MR) is 99.8 cm³/mol. The van der Waals surface area contributed by atoms with Crippen molar-refractivity contribution in [1.29, 1.82) is 0 Å². The van der Waals surface area contributed by atoms with Crippen molar-refractivity contribution in [3.8, 4) is 5.69 Å². The molecule has 3 rings (SSSR count). The summed E-state index contributed by atoms with van der Waals surface area (Å²) in [4.78, 5) is 29.0. The monoisotopic (exact) mass is 463 g/mol. The number of nitrogens with zero attached hydrogens (tertiary/aromatic N) is 2. The summed E-state index contributed by atoms with van der Waals surface area (Å²) in [5.41, 5.74) is -3.16. The Morgan fingerprint density at radius 1 is 1.19 bits per heavy atom. The molecule has 0 bridgehead atoms. The fourth-order valence-corrected chi connectivity index (χ4v) is 3.07. The molecule has 0 saturated heterocycles. The van der Waals surface area contributed by atoms with E-state index in [4.69, 9.17) is 11.6 Å². The van der Waals surface area contributed by atoms with Crippen molar-refractivity contribution >= 4 is 28.5 Å². The Balaban J connectivity index is 2.29. The number of nitrogens with one attached hydrogen (secondary N) is 1. The minimum atomic E-state index is -4.79. The number of carbonyl (C=O) groups excluding carboxylic acids is 1. The van der Waals surface area contributed by atoms with Gasteiger partial charge in [-0.1, -0.05) is 18.5 Å². The summed E-state index contributed by atoms with van der Waals surface area (Å²) in [7, 11) is 0. The number of benzene rings is 1. The highest BCUT2D eigenvalue weighted by Crippen LogP contribution is 2.25. The number of halogens is 7. The molecule has 0 unspecified atom stereocenters. The molecule has 0 aliphatic rings. The summed E-state index contributed by atoms with van der Waals surface area (Å²) < 4.78 is 81.8. The van der Waals surface area contributed by atoms with Crippen LogP contribution in [0.4, 0.5) is 26.3 Å². The Bertz CT molecular complexity index is 1220. The third-order valence-corrected chi connectivity index (χ3v) is 4.60. The minimum absolute atomic E-state index is 0.177. The normalized spacial score (nSPS) is 12.8. The molecule has 1 N–H and O–H groups in total. The van der Waals surface area contributed by atoms with Crippen LogP contribution in [0.15, 0.2) is 35.3 Å². The van der Waals surface area contributed by atoms with E-state index in [2.05, 4.69) is 4.98 Å². The lowest BCUT2D eigenvalue weighted by molar-refractivity contribution is -0.153. The summed E-state index contributed by atoms with van der Waals surface area (Å²) in [5, 5.41) is 1.16. The molecule has 0 aliphatic heterocycles. The van der Waals surface area contributed by atoms with Crippen LogP contribution in [-0.4, -0.2) is 27.7 Å². The Morgan fingerprint density at radius 3 is 2.35 bits per heavy atom. The van der Waals surface area contributed by atoms with Crippen LogP contribution in [0.3, 0.4) is 0 Å². The summed E-state index contributed by atoms with van der Waals surface area (Å²) in [6.07, 6.45) is -4.67. The molecule has 164 valence electrons. The topological polar surface area (TPSA) is 64.0 Å². The van der Waals surface area contributed by atoms with Gasteiger partial charge in [-0.05, 0) is 18.6 Å². The lowest BCUT2D eigenvalue weighted by Crippen LogP contribution is -2.46. The van der Waals surface area contributed by atoms with Gasteiger partial charge in [0.25, 0.3) is 5.91 Å². The van der Waals surface area contributed by atoms with Crippen LogP contribution in [0.5, 0.6) is 0 Å². The standard InChI is InChI=1S/C19H12ClF6N3O2/c1-2-13(19(24,25)26)27-18(31)10-7-29(15-11(22)5-8(21)6-12(15)23)17-9(16(10)30)3-4-14(20)28-17/h3-7,13H,2H2,1H3,(H,27,31)/t13-/m0/s1. The molecule has 0 aliphatic carbocycles. The average Bonchev–Trinajstić information content (AvgIpc) is 2.65. The van der Waals surface area contributed by atoms with Gasteiger partial charge in [0.1, 0.15) is 33.9 Å². The quantitative estimate of drug-likeness (QED) is 0.457. The van der Waals surface area contributed by atoms with Crippen molar-refractivity contribution in [2.45, 2.75) is 25.6 Å². The van der Waals surface area contributed by atoms with E-state index in [0.29, 0.717) is 22.9 Å². The van der Waals surface area contributed by atoms with Crippen molar-refractivity contribution in [3.63, 3.8) is 0 Å². The minimum Gasteiger partial charge on any atom is -0.340 e. The summed E-state index contributed by atoms with van der Waals surface area (Å²) in [6, 6.07) is 0.693. The zero-order chi connectivity index (χ0) is 23.1. The molecule has 0 spiro atoms. The lowest BCUT2D eigenvalue weighted by Gasteiger charge is -2.20. The Hall–Kier alpha value is -3.08. The van der Waals surface area contributed by atoms with Crippen molar-refractivity contribution in [2.24, 2.45) is 0 Å². The van der Waals surface area contributed by atoms with E-state index in [1.165, 1.54) is 6.92 Å². The van der Waals surface area contributed by atoms with Crippen molar-refractivity contribution in [3.05, 3.63) is 68.9 Å². The molecular formula is C19H12ClF6N3O2. The molecule has 2 heterocycles. The summed E-state index contributed by atoms with van der Waals surface area (Å²) in [5.74, 6) is -5.46. The first kappa shape index (κ1) is 22.6. The number of pyridine rings is 2. The largest absolute Gasteiger partial charge is 0.408 e. The second-order valence-corrected chi connectivity index (χ2v) is 6.83. The first-order valence-electron chi connectivity index (χ1n) is 8.68. The molecule has 5 nitrogen and oxygen atoms in total. The molecule has 2 aromatic heterocycles. The fraction of sp³-hybridized carbons (Fsp3) is 0.211. The van der Waals surface area contributed by atoms with Gasteiger partial charge < -0.3 is 5.32 Å². The predicted octanol–water partition coefficient (Wildman–Crippen LogP) is 4.53. The summed E-state index contributed by atoms with van der Waals surface area (Å²) >= 11 is 5.80. The molecule has 31 heavy (non-hydrogen) atoms. The van der Waals surface area contributed by atoms with Crippen LogP contribution in [0.2, 0.25) is 5.15 Å². The van der Waals surface area contributed by atoms with Gasteiger partial charge in [-0.25, -0.2) is 18.2 Å². The number of amides is 1. The maximum absolute atomic E-state index is 14.4. The number of carbonyl (C=O) groups is 1. The van der Waals surface area contributed by atoms with E-state index in [1.807, 2.05) is 0 Å². The van der Waals surface area contributed by atoms with Gasteiger partial charge in [-0.3, -0.25) is 14.2 Å². The number of hydrogen-bond donors (Lipinski definition) is 1. The van der Waals surface area contributed by atoms with Gasteiger partial charge in [0.05, 0.1) is 5.39 Å². The van der Waals surface area contributed by atoms with Gasteiger partial charge in [-0.15, -0.1) is 0 Å². The first-order valence-corrected chi connectivity index (χ1v) is 9.06. The van der Waals surface area contributed by atoms with E-state index in [-0.39, 0.29) is 16.2 Å². The molecular weight excluding hydrogens is 452 g/mol. The zero-order valence-corrected chi connectivity index (χ0v) is 16.3. The highest BCUT2D eigenvalue weighted by Gasteiger charge is 2.39. The summed E-state index contributed by atoms with van der Waals surface area (Å²) in [6.45, 7) is 1.17. The van der Waals surface area contributed by atoms with Crippen LogP contribution in [0, 0.1) is 17.5 Å². The van der Waals surface area contributed by atoms with E-state index in [1.54, 1.807) is 5.32 Å². The smallest absolute Gasteiger partial charge is 0.340 e. The average molecular weight is 464 g/mol. The van der Waals surface area contributed by atoms with Crippen LogP contribution < -0.4 is 10.7 Å². The van der Waals surface area contributed by atoms with Gasteiger partial charge in [-0.2, -0.15) is 13.2 Å². The van der Waals surface area contributed by atoms with Crippen molar-refractivity contribution < 1.29 is 31.1 Å². The van der Waals surface area contributed by atoms with Crippen molar-refractivity contribution in [2.75, 3.05) is 0 Å². The lowest BCUT2D eigenvalue weighted by atomic mass is 10.1. The van der Waals surface area contributed by atoms with Gasteiger partial charge in [0, 0.05) is 18.3 Å². The van der Waals surface area contributed by atoms with E-state index >= 15 is 0 Å². The highest BCUT2D eigenvalue weighted by molar-refractivity contribution is 6.29. The molecule has 3 aromatic rings. The van der Waals surface area contributed by atoms with Crippen LogP contribution in [0.25, 0.3) is 16.7 Å². The zero-order valence-electron chi connectivity index (χ0n) is 15.5. The van der Waals surface area contributed by atoms with Crippen molar-refractivity contribution in [1.82, 2.24) is 14.9 Å². The number of hydrogen-bond acceptors (Lipinski definition) is 3. The Morgan fingerprint density at radius 2 is 1.81 bits per heavy atom. The van der Waals surface area contributed by atoms with E-state index < -0.39 is 58.7 Å². The van der Waals surface area contributed by atoms with Gasteiger partial charge in [0.2, 0.25) is 5.43 Å². The maximum atomic E-state index is 14.4. The molecule has 12 heteroatoms. The molecule has 0 fully saturated rings. The van der Waals surface area contributed by atoms with Gasteiger partial charge in [0.15, 0.2) is 11.6 Å². The maximum Gasteiger partial charge on any atom is 0.408 e. The Labute approximate surface area is 175 Å².